The summed E-state index contributed by atoms with van der Waals surface area (Å²) < 4.78 is 16.5. The third-order valence-electron chi connectivity index (χ3n) is 5.56. The van der Waals surface area contributed by atoms with E-state index < -0.39 is 0 Å². The fraction of sp³-hybridized carbons (Fsp3) is 0.905. The van der Waals surface area contributed by atoms with E-state index in [-0.39, 0.29) is 5.97 Å². The molecule has 1 N–H and O–H groups in total. The molecule has 2 rings (SSSR count). The largest absolute Gasteiger partial charge is 0.469 e. The van der Waals surface area contributed by atoms with Crippen LogP contribution in [0.3, 0.4) is 0 Å². The minimum Gasteiger partial charge on any atom is -0.469 e. The van der Waals surface area contributed by atoms with Crippen LogP contribution in [-0.4, -0.2) is 76.0 Å². The second-order valence-electron chi connectivity index (χ2n) is 7.72. The first-order valence-corrected chi connectivity index (χ1v) is 11.0. The number of carbonyl (C=O) groups excluding carboxylic acids is 1. The Kier molecular flexibility index (Phi) is 11.3. The van der Waals surface area contributed by atoms with Crippen LogP contribution in [0, 0.1) is 0 Å². The molecule has 7 heteroatoms. The molecule has 1 unspecified atom stereocenters. The third-order valence-corrected chi connectivity index (χ3v) is 5.56. The Hall–Kier alpha value is -1.34. The summed E-state index contributed by atoms with van der Waals surface area (Å²) in [4.78, 5) is 17.8. The molecular weight excluding hydrogens is 358 g/mol. The van der Waals surface area contributed by atoms with Crippen LogP contribution in [0.5, 0.6) is 0 Å². The summed E-state index contributed by atoms with van der Waals surface area (Å²) in [7, 11) is 3.29. The van der Waals surface area contributed by atoms with Crippen molar-refractivity contribution >= 4 is 11.9 Å². The number of methoxy groups -OCH3 is 1. The standard InChI is InChI=1S/C21H39N3O4/c1-22-21(23-13-7-4-3-5-10-20(25)26-2)24-14-11-18(12-15-24)28-17-19-9-6-8-16-27-19/h18-19H,3-17H2,1-2H3,(H,22,23). The summed E-state index contributed by atoms with van der Waals surface area (Å²) in [5, 5.41) is 3.47. The fourth-order valence-electron chi connectivity index (χ4n) is 3.80. The molecule has 0 saturated carbocycles. The zero-order valence-electron chi connectivity index (χ0n) is 17.8. The molecule has 0 amide bonds. The molecule has 0 aromatic carbocycles. The van der Waals surface area contributed by atoms with Gasteiger partial charge in [0.15, 0.2) is 5.96 Å². The van der Waals surface area contributed by atoms with Crippen molar-refractivity contribution < 1.29 is 19.0 Å². The number of rotatable bonds is 10. The molecule has 1 atom stereocenters. The van der Waals surface area contributed by atoms with Gasteiger partial charge in [0, 0.05) is 39.7 Å². The number of piperidine rings is 1. The van der Waals surface area contributed by atoms with E-state index in [0.29, 0.717) is 18.6 Å². The Bertz CT molecular complexity index is 459. The highest BCUT2D eigenvalue weighted by molar-refractivity contribution is 5.79. The van der Waals surface area contributed by atoms with Crippen molar-refractivity contribution in [3.8, 4) is 0 Å². The van der Waals surface area contributed by atoms with Crippen molar-refractivity contribution in [3.05, 3.63) is 0 Å². The van der Waals surface area contributed by atoms with Gasteiger partial charge >= 0.3 is 5.97 Å². The Morgan fingerprint density at radius 1 is 1.14 bits per heavy atom. The summed E-state index contributed by atoms with van der Waals surface area (Å²) in [5.41, 5.74) is 0. The quantitative estimate of drug-likeness (QED) is 0.264. The Morgan fingerprint density at radius 3 is 2.61 bits per heavy atom. The van der Waals surface area contributed by atoms with Gasteiger partial charge in [-0.1, -0.05) is 12.8 Å². The van der Waals surface area contributed by atoms with Crippen LogP contribution in [0.15, 0.2) is 4.99 Å². The molecule has 2 aliphatic heterocycles. The van der Waals surface area contributed by atoms with Gasteiger partial charge in [0.25, 0.3) is 0 Å². The molecule has 0 radical (unpaired) electrons. The smallest absolute Gasteiger partial charge is 0.305 e. The number of guanidine groups is 1. The predicted molar refractivity (Wildman–Crippen MR) is 111 cm³/mol. The maximum atomic E-state index is 11.1. The number of hydrogen-bond donors (Lipinski definition) is 1. The highest BCUT2D eigenvalue weighted by Gasteiger charge is 2.23. The molecule has 2 aliphatic rings. The van der Waals surface area contributed by atoms with Gasteiger partial charge in [0.05, 0.1) is 25.9 Å². The number of aliphatic imine (C=N–C) groups is 1. The van der Waals surface area contributed by atoms with Crippen molar-refractivity contribution in [3.63, 3.8) is 0 Å². The van der Waals surface area contributed by atoms with Crippen molar-refractivity contribution in [2.75, 3.05) is 47.0 Å². The van der Waals surface area contributed by atoms with Gasteiger partial charge in [-0.25, -0.2) is 0 Å². The maximum absolute atomic E-state index is 11.1. The number of nitrogens with one attached hydrogen (secondary N) is 1. The molecule has 0 aromatic rings. The summed E-state index contributed by atoms with van der Waals surface area (Å²) in [6.45, 7) is 4.51. The molecule has 0 aliphatic carbocycles. The second kappa shape index (κ2) is 13.8. The van der Waals surface area contributed by atoms with E-state index in [1.54, 1.807) is 0 Å². The number of nitrogens with zero attached hydrogens (tertiary/aromatic N) is 2. The number of esters is 1. The minimum absolute atomic E-state index is 0.114. The Morgan fingerprint density at radius 2 is 1.93 bits per heavy atom. The SMILES string of the molecule is CN=C(NCCCCCCC(=O)OC)N1CCC(OCC2CCCCO2)CC1. The normalized spacial score (nSPS) is 21.6. The lowest BCUT2D eigenvalue weighted by atomic mass is 10.1. The fourth-order valence-corrected chi connectivity index (χ4v) is 3.80. The first-order chi connectivity index (χ1) is 13.7. The molecule has 0 spiro atoms. The van der Waals surface area contributed by atoms with Crippen LogP contribution in [0.25, 0.3) is 0 Å². The van der Waals surface area contributed by atoms with Crippen molar-refractivity contribution in [2.45, 2.75) is 76.4 Å². The van der Waals surface area contributed by atoms with Crippen LogP contribution in [0.1, 0.15) is 64.2 Å². The third kappa shape index (κ3) is 8.78. The second-order valence-corrected chi connectivity index (χ2v) is 7.72. The molecule has 2 heterocycles. The number of ether oxygens (including phenoxy) is 3. The van der Waals surface area contributed by atoms with E-state index in [1.807, 2.05) is 7.05 Å². The summed E-state index contributed by atoms with van der Waals surface area (Å²) in [6, 6.07) is 0. The van der Waals surface area contributed by atoms with E-state index in [2.05, 4.69) is 19.9 Å². The molecule has 28 heavy (non-hydrogen) atoms. The van der Waals surface area contributed by atoms with Crippen LogP contribution >= 0.6 is 0 Å². The number of carbonyl (C=O) groups is 1. The van der Waals surface area contributed by atoms with E-state index in [9.17, 15) is 4.79 Å². The van der Waals surface area contributed by atoms with Crippen LogP contribution in [0.2, 0.25) is 0 Å². The average molecular weight is 398 g/mol. The van der Waals surface area contributed by atoms with Gasteiger partial charge < -0.3 is 24.4 Å². The number of unbranched alkanes of at least 4 members (excludes halogenated alkanes) is 3. The van der Waals surface area contributed by atoms with Crippen LogP contribution in [-0.2, 0) is 19.0 Å². The Balaban J connectivity index is 1.53. The molecule has 162 valence electrons. The minimum atomic E-state index is -0.114. The van der Waals surface area contributed by atoms with Crippen LogP contribution in [0.4, 0.5) is 0 Å². The van der Waals surface area contributed by atoms with Crippen molar-refractivity contribution in [2.24, 2.45) is 4.99 Å². The topological polar surface area (TPSA) is 72.4 Å². The number of hydrogen-bond acceptors (Lipinski definition) is 5. The lowest BCUT2D eigenvalue weighted by molar-refractivity contribution is -0.140. The first kappa shape index (κ1) is 22.9. The molecule has 0 aromatic heterocycles. The predicted octanol–water partition coefficient (Wildman–Crippen LogP) is 2.74. The molecular formula is C21H39N3O4. The zero-order valence-corrected chi connectivity index (χ0v) is 17.8. The van der Waals surface area contributed by atoms with E-state index in [1.165, 1.54) is 20.0 Å². The molecule has 7 nitrogen and oxygen atoms in total. The molecule has 2 fully saturated rings. The van der Waals surface area contributed by atoms with Gasteiger partial charge in [-0.3, -0.25) is 9.79 Å². The van der Waals surface area contributed by atoms with Gasteiger partial charge in [-0.15, -0.1) is 0 Å². The van der Waals surface area contributed by atoms with E-state index in [4.69, 9.17) is 9.47 Å². The highest BCUT2D eigenvalue weighted by atomic mass is 16.5. The first-order valence-electron chi connectivity index (χ1n) is 11.0. The zero-order chi connectivity index (χ0) is 20.0. The molecule has 2 saturated heterocycles. The lowest BCUT2D eigenvalue weighted by Gasteiger charge is -2.35. The monoisotopic (exact) mass is 397 g/mol. The lowest BCUT2D eigenvalue weighted by Crippen LogP contribution is -2.47. The summed E-state index contributed by atoms with van der Waals surface area (Å²) in [6.07, 6.45) is 11.0. The average Bonchev–Trinajstić information content (AvgIpc) is 2.75. The molecule has 0 bridgehead atoms. The van der Waals surface area contributed by atoms with E-state index >= 15 is 0 Å². The van der Waals surface area contributed by atoms with E-state index in [0.717, 1.165) is 83.8 Å². The number of likely N-dealkylation sites (tertiary alicyclic amines) is 1. The van der Waals surface area contributed by atoms with Crippen molar-refractivity contribution in [1.82, 2.24) is 10.2 Å². The highest BCUT2D eigenvalue weighted by Crippen LogP contribution is 2.18. The summed E-state index contributed by atoms with van der Waals surface area (Å²) >= 11 is 0. The van der Waals surface area contributed by atoms with Crippen LogP contribution < -0.4 is 5.32 Å². The van der Waals surface area contributed by atoms with Gasteiger partial charge in [-0.05, 0) is 44.9 Å². The van der Waals surface area contributed by atoms with Crippen molar-refractivity contribution in [1.29, 1.82) is 0 Å². The van der Waals surface area contributed by atoms with Gasteiger partial charge in [0.1, 0.15) is 0 Å². The summed E-state index contributed by atoms with van der Waals surface area (Å²) in [5.74, 6) is 0.876. The van der Waals surface area contributed by atoms with Gasteiger partial charge in [-0.2, -0.15) is 0 Å². The van der Waals surface area contributed by atoms with Gasteiger partial charge in [0.2, 0.25) is 0 Å². The Labute approximate surface area is 170 Å². The maximum Gasteiger partial charge on any atom is 0.305 e.